The number of guanidine groups is 1. The lowest BCUT2D eigenvalue weighted by Gasteiger charge is -2.27. The number of aromatic nitrogens is 2. The topological polar surface area (TPSA) is 101 Å². The smallest absolute Gasteiger partial charge is 0.255 e. The van der Waals surface area contributed by atoms with Crippen LogP contribution in [0.25, 0.3) is 22.2 Å². The Morgan fingerprint density at radius 3 is 2.24 bits per heavy atom. The van der Waals surface area contributed by atoms with Crippen LogP contribution in [-0.2, 0) is 4.79 Å². The van der Waals surface area contributed by atoms with Crippen molar-refractivity contribution in [3.05, 3.63) is 126 Å². The molecule has 8 heteroatoms. The third-order valence-corrected chi connectivity index (χ3v) is 6.83. The van der Waals surface area contributed by atoms with Crippen molar-refractivity contribution < 1.29 is 9.53 Å². The highest BCUT2D eigenvalue weighted by molar-refractivity contribution is 6.08. The minimum absolute atomic E-state index is 0.245. The van der Waals surface area contributed by atoms with E-state index in [9.17, 15) is 4.79 Å². The second-order valence-corrected chi connectivity index (χ2v) is 9.54. The Kier molecular flexibility index (Phi) is 7.11. The molecule has 1 atom stereocenters. The van der Waals surface area contributed by atoms with Gasteiger partial charge in [0.15, 0.2) is 0 Å². The fourth-order valence-corrected chi connectivity index (χ4v) is 4.84. The van der Waals surface area contributed by atoms with E-state index in [1.807, 2.05) is 91.9 Å². The van der Waals surface area contributed by atoms with Gasteiger partial charge in [0, 0.05) is 22.3 Å². The molecule has 6 rings (SSSR count). The van der Waals surface area contributed by atoms with Gasteiger partial charge in [-0.2, -0.15) is 0 Å². The number of aliphatic imine (C=N–C) groups is 1. The van der Waals surface area contributed by atoms with Crippen LogP contribution >= 0.6 is 0 Å². The van der Waals surface area contributed by atoms with Crippen molar-refractivity contribution in [2.24, 2.45) is 4.99 Å². The highest BCUT2D eigenvalue weighted by atomic mass is 16.5. The molecule has 0 spiro atoms. The van der Waals surface area contributed by atoms with Crippen LogP contribution in [0.5, 0.6) is 5.75 Å². The summed E-state index contributed by atoms with van der Waals surface area (Å²) in [6, 6.07) is 34.3. The molecule has 1 aliphatic rings. The summed E-state index contributed by atoms with van der Waals surface area (Å²) < 4.78 is 5.23. The molecule has 5 aromatic rings. The normalized spacial score (nSPS) is 14.7. The lowest BCUT2D eigenvalue weighted by atomic mass is 9.95. The maximum absolute atomic E-state index is 13.6. The summed E-state index contributed by atoms with van der Waals surface area (Å²) in [5.74, 6) is 1.32. The van der Waals surface area contributed by atoms with Crippen molar-refractivity contribution in [3.8, 4) is 17.0 Å². The van der Waals surface area contributed by atoms with E-state index in [1.54, 1.807) is 31.4 Å². The maximum Gasteiger partial charge on any atom is 0.255 e. The lowest BCUT2D eigenvalue weighted by molar-refractivity contribution is -0.113. The van der Waals surface area contributed by atoms with E-state index in [-0.39, 0.29) is 5.91 Å². The highest BCUT2D eigenvalue weighted by Gasteiger charge is 2.30. The van der Waals surface area contributed by atoms with Gasteiger partial charge in [-0.3, -0.25) is 10.1 Å². The number of benzene rings is 4. The van der Waals surface area contributed by atoms with Crippen LogP contribution in [0, 0.1) is 0 Å². The number of rotatable bonds is 6. The molecular formula is C33H28N6O2. The second-order valence-electron chi connectivity index (χ2n) is 9.54. The third kappa shape index (κ3) is 5.49. The van der Waals surface area contributed by atoms with Gasteiger partial charge in [-0.1, -0.05) is 78.9 Å². The Bertz CT molecular complexity index is 1770. The van der Waals surface area contributed by atoms with Crippen molar-refractivity contribution in [2.45, 2.75) is 13.0 Å². The first kappa shape index (κ1) is 25.8. The van der Waals surface area contributed by atoms with E-state index in [0.717, 1.165) is 27.7 Å². The van der Waals surface area contributed by atoms with Gasteiger partial charge in [0.1, 0.15) is 11.8 Å². The summed E-state index contributed by atoms with van der Waals surface area (Å²) in [7, 11) is 1.61. The molecule has 4 aromatic carbocycles. The van der Waals surface area contributed by atoms with Gasteiger partial charge in [-0.15, -0.1) is 0 Å². The summed E-state index contributed by atoms with van der Waals surface area (Å²) in [5.41, 5.74) is 5.36. The maximum atomic E-state index is 13.6. The van der Waals surface area contributed by atoms with Crippen molar-refractivity contribution in [2.75, 3.05) is 17.7 Å². The van der Waals surface area contributed by atoms with Crippen molar-refractivity contribution in [3.63, 3.8) is 0 Å². The molecule has 1 aliphatic heterocycles. The zero-order valence-corrected chi connectivity index (χ0v) is 22.6. The summed E-state index contributed by atoms with van der Waals surface area (Å²) in [5, 5.41) is 10.5. The number of para-hydroxylation sites is 1. The molecule has 0 aliphatic carbocycles. The minimum atomic E-state index is -0.549. The molecule has 8 nitrogen and oxygen atoms in total. The zero-order valence-electron chi connectivity index (χ0n) is 22.6. The number of hydrogen-bond acceptors (Lipinski definition) is 7. The van der Waals surface area contributed by atoms with E-state index in [1.165, 1.54) is 0 Å². The predicted octanol–water partition coefficient (Wildman–Crippen LogP) is 6.33. The van der Waals surface area contributed by atoms with E-state index >= 15 is 0 Å². The summed E-state index contributed by atoms with van der Waals surface area (Å²) in [6.07, 6.45) is 0. The number of ether oxygens (including phenoxy) is 1. The highest BCUT2D eigenvalue weighted by Crippen LogP contribution is 2.32. The Labute approximate surface area is 237 Å². The number of amides is 1. The number of carbonyl (C=O) groups excluding carboxylic acids is 1. The number of carbonyl (C=O) groups is 1. The molecule has 0 saturated carbocycles. The fourth-order valence-electron chi connectivity index (χ4n) is 4.84. The quantitative estimate of drug-likeness (QED) is 0.233. The summed E-state index contributed by atoms with van der Waals surface area (Å²) in [6.45, 7) is 1.87. The van der Waals surface area contributed by atoms with Gasteiger partial charge >= 0.3 is 0 Å². The van der Waals surface area contributed by atoms with Crippen LogP contribution in [0.1, 0.15) is 18.5 Å². The molecule has 0 saturated heterocycles. The summed E-state index contributed by atoms with van der Waals surface area (Å²) >= 11 is 0. The first-order valence-electron chi connectivity index (χ1n) is 13.2. The van der Waals surface area contributed by atoms with Gasteiger partial charge in [-0.25, -0.2) is 15.0 Å². The van der Waals surface area contributed by atoms with E-state index in [0.29, 0.717) is 34.6 Å². The number of methoxy groups -OCH3 is 1. The predicted molar refractivity (Wildman–Crippen MR) is 163 cm³/mol. The number of nitrogens with one attached hydrogen (secondary N) is 3. The van der Waals surface area contributed by atoms with Gasteiger partial charge < -0.3 is 15.4 Å². The monoisotopic (exact) mass is 540 g/mol. The summed E-state index contributed by atoms with van der Waals surface area (Å²) in [4.78, 5) is 28.1. The standard InChI is InChI=1S/C33H28N6O2/c1-21-28(31(40)35-24-17-19-25(41-2)20-18-24)30(23-13-7-4-8-14-23)38-32(34-21)39-33-36-27-16-10-9-15-26(27)29(37-33)22-11-5-3-6-12-22/h3-20,30H,1-2H3,(H,35,40)(H2,34,36,37,38,39). The molecule has 3 N–H and O–H groups in total. The Morgan fingerprint density at radius 2 is 1.51 bits per heavy atom. The molecule has 1 aromatic heterocycles. The van der Waals surface area contributed by atoms with Crippen molar-refractivity contribution >= 4 is 34.4 Å². The number of nitrogens with zero attached hydrogens (tertiary/aromatic N) is 3. The van der Waals surface area contributed by atoms with Crippen molar-refractivity contribution in [1.29, 1.82) is 0 Å². The number of hydrogen-bond donors (Lipinski definition) is 3. The third-order valence-electron chi connectivity index (χ3n) is 6.83. The Hall–Kier alpha value is -5.50. The van der Waals surface area contributed by atoms with Crippen LogP contribution in [0.2, 0.25) is 0 Å². The average Bonchev–Trinajstić information content (AvgIpc) is 3.01. The molecule has 1 amide bonds. The van der Waals surface area contributed by atoms with Gasteiger partial charge in [0.2, 0.25) is 11.9 Å². The van der Waals surface area contributed by atoms with Gasteiger partial charge in [0.25, 0.3) is 5.91 Å². The Morgan fingerprint density at radius 1 is 0.829 bits per heavy atom. The molecule has 1 unspecified atom stereocenters. The zero-order chi connectivity index (χ0) is 28.2. The number of anilines is 2. The number of allylic oxidation sites excluding steroid dienone is 1. The fraction of sp³-hybridized carbons (Fsp3) is 0.0909. The largest absolute Gasteiger partial charge is 0.497 e. The van der Waals surface area contributed by atoms with Gasteiger partial charge in [0.05, 0.1) is 23.9 Å². The van der Waals surface area contributed by atoms with Crippen molar-refractivity contribution in [1.82, 2.24) is 15.3 Å². The van der Waals surface area contributed by atoms with E-state index < -0.39 is 6.04 Å². The molecule has 2 heterocycles. The first-order chi connectivity index (χ1) is 20.1. The van der Waals surface area contributed by atoms with Crippen LogP contribution in [-0.4, -0.2) is 28.9 Å². The van der Waals surface area contributed by atoms with Crippen LogP contribution in [0.15, 0.2) is 125 Å². The van der Waals surface area contributed by atoms with E-state index in [2.05, 4.69) is 16.0 Å². The molecular weight excluding hydrogens is 512 g/mol. The van der Waals surface area contributed by atoms with Crippen LogP contribution < -0.4 is 20.7 Å². The molecule has 0 fully saturated rings. The minimum Gasteiger partial charge on any atom is -0.497 e. The lowest BCUT2D eigenvalue weighted by Crippen LogP contribution is -2.37. The molecule has 41 heavy (non-hydrogen) atoms. The van der Waals surface area contributed by atoms with Crippen LogP contribution in [0.4, 0.5) is 11.6 Å². The number of fused-ring (bicyclic) bond motifs is 1. The second kappa shape index (κ2) is 11.3. The van der Waals surface area contributed by atoms with E-state index in [4.69, 9.17) is 19.7 Å². The molecule has 0 bridgehead atoms. The SMILES string of the molecule is COc1ccc(NC(=O)C2=C(C)NC(Nc3nc(-c4ccccc4)c4ccccc4n3)=NC2c2ccccc2)cc1. The van der Waals surface area contributed by atoms with Crippen LogP contribution in [0.3, 0.4) is 0 Å². The van der Waals surface area contributed by atoms with Gasteiger partial charge in [-0.05, 0) is 42.8 Å². The average molecular weight is 541 g/mol. The molecule has 0 radical (unpaired) electrons. The first-order valence-corrected chi connectivity index (χ1v) is 13.2. The Balaban J connectivity index is 1.34. The molecule has 202 valence electrons.